The molecule has 2 saturated heterocycles. The van der Waals surface area contributed by atoms with Gasteiger partial charge in [0.15, 0.2) is 5.69 Å². The van der Waals surface area contributed by atoms with Gasteiger partial charge in [0, 0.05) is 26.2 Å². The van der Waals surface area contributed by atoms with E-state index in [1.165, 1.54) is 0 Å². The summed E-state index contributed by atoms with van der Waals surface area (Å²) in [5, 5.41) is 25.4. The van der Waals surface area contributed by atoms with Crippen LogP contribution in [0.3, 0.4) is 0 Å². The average Bonchev–Trinajstić information content (AvgIpc) is 3.63. The molecule has 0 spiro atoms. The quantitative estimate of drug-likeness (QED) is 0.190. The third-order valence-electron chi connectivity index (χ3n) is 6.75. The van der Waals surface area contributed by atoms with Crippen molar-refractivity contribution >= 4 is 34.8 Å². The number of anilines is 2. The Balaban J connectivity index is 0.000000171. The van der Waals surface area contributed by atoms with Crippen LogP contribution in [0.5, 0.6) is 0 Å². The molecule has 4 aromatic heterocycles. The van der Waals surface area contributed by atoms with E-state index >= 15 is 0 Å². The largest absolute Gasteiger partial charge is 0.369 e. The number of hydrogen-bond acceptors (Lipinski definition) is 10. The van der Waals surface area contributed by atoms with Crippen molar-refractivity contribution in [1.29, 1.82) is 0 Å². The maximum absolute atomic E-state index is 12.1. The number of hydrogen-bond donors (Lipinski definition) is 6. The predicted octanol–water partition coefficient (Wildman–Crippen LogP) is 2.71. The summed E-state index contributed by atoms with van der Waals surface area (Å²) >= 11 is 6.00. The summed E-state index contributed by atoms with van der Waals surface area (Å²) in [4.78, 5) is 32.8. The molecule has 4 aromatic rings. The SMILES string of the molecule is Cc1[nH]nc(C(=O)Nc2ccc([C@H]3CNCCO3)nc2)c1Cl.Cc1cn[nH]c1C(=O)Nc1ccc([C@H]2CNCCO2)nc1. The number of carbonyl (C=O) groups is 2. The number of nitrogens with zero attached hydrogens (tertiary/aromatic N) is 4. The Morgan fingerprint density at radius 3 is 1.84 bits per heavy atom. The van der Waals surface area contributed by atoms with Crippen LogP contribution < -0.4 is 21.3 Å². The summed E-state index contributed by atoms with van der Waals surface area (Å²) in [5.74, 6) is -0.602. The maximum atomic E-state index is 12.1. The van der Waals surface area contributed by atoms with Gasteiger partial charge < -0.3 is 30.7 Å². The molecule has 0 aromatic carbocycles. The van der Waals surface area contributed by atoms with Crippen LogP contribution >= 0.6 is 11.6 Å². The van der Waals surface area contributed by atoms with Crippen LogP contribution in [0.4, 0.5) is 11.4 Å². The lowest BCUT2D eigenvalue weighted by atomic mass is 10.2. The van der Waals surface area contributed by atoms with Gasteiger partial charge in [0.1, 0.15) is 17.9 Å². The van der Waals surface area contributed by atoms with Gasteiger partial charge in [-0.1, -0.05) is 11.6 Å². The number of aryl methyl sites for hydroxylation is 2. The molecule has 226 valence electrons. The molecule has 6 rings (SSSR count). The van der Waals surface area contributed by atoms with Crippen molar-refractivity contribution in [3.05, 3.63) is 81.9 Å². The summed E-state index contributed by atoms with van der Waals surface area (Å²) in [6.45, 7) is 8.15. The number of aromatic amines is 2. The Kier molecular flexibility index (Phi) is 10.1. The Bertz CT molecular complexity index is 1510. The number of morpholine rings is 2. The molecule has 0 aliphatic carbocycles. The van der Waals surface area contributed by atoms with Gasteiger partial charge in [-0.15, -0.1) is 0 Å². The van der Waals surface area contributed by atoms with Crippen molar-refractivity contribution in [2.45, 2.75) is 26.1 Å². The van der Waals surface area contributed by atoms with Crippen LogP contribution in [-0.2, 0) is 9.47 Å². The molecule has 2 amide bonds. The lowest BCUT2D eigenvalue weighted by Gasteiger charge is -2.23. The molecular weight excluding hydrogens is 576 g/mol. The predicted molar refractivity (Wildman–Crippen MR) is 159 cm³/mol. The van der Waals surface area contributed by atoms with Crippen LogP contribution in [0.2, 0.25) is 5.02 Å². The summed E-state index contributed by atoms with van der Waals surface area (Å²) in [6.07, 6.45) is 4.76. The maximum Gasteiger partial charge on any atom is 0.277 e. The summed E-state index contributed by atoms with van der Waals surface area (Å²) in [6, 6.07) is 7.31. The molecule has 0 unspecified atom stereocenters. The van der Waals surface area contributed by atoms with Crippen molar-refractivity contribution in [1.82, 2.24) is 41.0 Å². The third kappa shape index (κ3) is 7.80. The van der Waals surface area contributed by atoms with Gasteiger partial charge >= 0.3 is 0 Å². The minimum Gasteiger partial charge on any atom is -0.369 e. The molecule has 6 heterocycles. The lowest BCUT2D eigenvalue weighted by molar-refractivity contribution is 0.0250. The monoisotopic (exact) mass is 608 g/mol. The fraction of sp³-hybridized carbons (Fsp3) is 0.357. The van der Waals surface area contributed by atoms with E-state index in [1.54, 1.807) is 31.6 Å². The first kappa shape index (κ1) is 30.3. The molecule has 15 heteroatoms. The fourth-order valence-electron chi connectivity index (χ4n) is 4.38. The van der Waals surface area contributed by atoms with Crippen molar-refractivity contribution < 1.29 is 19.1 Å². The molecule has 2 aliphatic heterocycles. The number of pyridine rings is 2. The van der Waals surface area contributed by atoms with Gasteiger partial charge in [-0.3, -0.25) is 29.8 Å². The van der Waals surface area contributed by atoms with Gasteiger partial charge in [-0.2, -0.15) is 10.2 Å². The van der Waals surface area contributed by atoms with E-state index in [1.807, 2.05) is 25.1 Å². The van der Waals surface area contributed by atoms with E-state index in [9.17, 15) is 9.59 Å². The first-order valence-electron chi connectivity index (χ1n) is 13.8. The Labute approximate surface area is 252 Å². The van der Waals surface area contributed by atoms with Gasteiger partial charge in [0.05, 0.1) is 65.3 Å². The lowest BCUT2D eigenvalue weighted by Crippen LogP contribution is -2.33. The number of aromatic nitrogens is 6. The summed E-state index contributed by atoms with van der Waals surface area (Å²) < 4.78 is 11.3. The van der Waals surface area contributed by atoms with Crippen LogP contribution in [0, 0.1) is 13.8 Å². The van der Waals surface area contributed by atoms with Crippen LogP contribution in [-0.4, -0.2) is 81.6 Å². The standard InChI is InChI=1S/C14H16ClN5O2.C14H17N5O2/c1-8-12(15)13(20-19-8)14(21)18-9-2-3-10(17-6-9)11-7-16-4-5-22-11;1-9-6-17-19-13(9)14(20)18-10-2-3-11(16-7-10)12-8-15-4-5-21-12/h2-3,6,11,16H,4-5,7H2,1H3,(H,18,21)(H,19,20);2-3,6-7,12,15H,4-5,8H2,1H3,(H,17,19)(H,18,20)/t11-;12-/m11/s1. The van der Waals surface area contributed by atoms with E-state index in [4.69, 9.17) is 21.1 Å². The second kappa shape index (κ2) is 14.3. The van der Waals surface area contributed by atoms with Gasteiger partial charge in [-0.05, 0) is 43.7 Å². The fourth-order valence-corrected chi connectivity index (χ4v) is 4.55. The first-order chi connectivity index (χ1) is 20.9. The topological polar surface area (TPSA) is 184 Å². The van der Waals surface area contributed by atoms with E-state index in [-0.39, 0.29) is 29.7 Å². The van der Waals surface area contributed by atoms with Crippen LogP contribution in [0.1, 0.15) is 55.8 Å². The van der Waals surface area contributed by atoms with E-state index in [0.717, 1.165) is 43.1 Å². The van der Waals surface area contributed by atoms with Crippen molar-refractivity contribution in [3.8, 4) is 0 Å². The zero-order valence-electron chi connectivity index (χ0n) is 23.7. The highest BCUT2D eigenvalue weighted by molar-refractivity contribution is 6.34. The molecule has 0 bridgehead atoms. The normalized spacial score (nSPS) is 18.3. The highest BCUT2D eigenvalue weighted by Gasteiger charge is 2.19. The highest BCUT2D eigenvalue weighted by atomic mass is 35.5. The van der Waals surface area contributed by atoms with Gasteiger partial charge in [0.2, 0.25) is 0 Å². The van der Waals surface area contributed by atoms with Crippen molar-refractivity contribution in [2.24, 2.45) is 0 Å². The second-order valence-corrected chi connectivity index (χ2v) is 10.3. The Morgan fingerprint density at radius 2 is 1.42 bits per heavy atom. The summed E-state index contributed by atoms with van der Waals surface area (Å²) in [7, 11) is 0. The zero-order chi connectivity index (χ0) is 30.2. The number of nitrogens with one attached hydrogen (secondary N) is 6. The third-order valence-corrected chi connectivity index (χ3v) is 7.21. The van der Waals surface area contributed by atoms with Gasteiger partial charge in [-0.25, -0.2) is 0 Å². The molecule has 0 radical (unpaired) electrons. The average molecular weight is 609 g/mol. The minimum atomic E-state index is -0.375. The molecule has 0 saturated carbocycles. The number of amides is 2. The van der Waals surface area contributed by atoms with Gasteiger partial charge in [0.25, 0.3) is 11.8 Å². The smallest absolute Gasteiger partial charge is 0.277 e. The minimum absolute atomic E-state index is 0.0293. The molecular formula is C28H33ClN10O4. The summed E-state index contributed by atoms with van der Waals surface area (Å²) in [5.41, 5.74) is 5.00. The highest BCUT2D eigenvalue weighted by Crippen LogP contribution is 2.21. The number of halogens is 1. The van der Waals surface area contributed by atoms with Crippen LogP contribution in [0.25, 0.3) is 0 Å². The Morgan fingerprint density at radius 1 is 0.837 bits per heavy atom. The molecule has 43 heavy (non-hydrogen) atoms. The van der Waals surface area contributed by atoms with Crippen molar-refractivity contribution in [3.63, 3.8) is 0 Å². The number of ether oxygens (including phenoxy) is 2. The molecule has 2 atom stereocenters. The molecule has 2 fully saturated rings. The molecule has 6 N–H and O–H groups in total. The van der Waals surface area contributed by atoms with Crippen LogP contribution in [0.15, 0.2) is 42.9 Å². The molecule has 14 nitrogen and oxygen atoms in total. The first-order valence-corrected chi connectivity index (χ1v) is 14.2. The number of rotatable bonds is 6. The number of H-pyrrole nitrogens is 2. The Hall–Kier alpha value is -4.21. The molecule has 2 aliphatic rings. The van der Waals surface area contributed by atoms with E-state index in [0.29, 0.717) is 41.0 Å². The van der Waals surface area contributed by atoms with Crippen molar-refractivity contribution in [2.75, 3.05) is 50.0 Å². The van der Waals surface area contributed by atoms with E-state index < -0.39 is 0 Å². The van der Waals surface area contributed by atoms with E-state index in [2.05, 4.69) is 51.6 Å². The second-order valence-electron chi connectivity index (χ2n) is 9.92. The number of carbonyl (C=O) groups excluding carboxylic acids is 2. The zero-order valence-corrected chi connectivity index (χ0v) is 24.5.